The SMILES string of the molecule is CC=CC=CC(C)=CCC. The summed E-state index contributed by atoms with van der Waals surface area (Å²) in [5.41, 5.74) is 1.33. The first-order valence-electron chi connectivity index (χ1n) is 3.77. The number of hydrogen-bond donors (Lipinski definition) is 0. The molecule has 0 aliphatic heterocycles. The van der Waals surface area contributed by atoms with Crippen molar-refractivity contribution in [3.8, 4) is 0 Å². The third-order valence-corrected chi connectivity index (χ3v) is 1.19. The molecule has 0 aromatic rings. The molecule has 0 heteroatoms. The van der Waals surface area contributed by atoms with Crippen molar-refractivity contribution < 1.29 is 0 Å². The third-order valence-electron chi connectivity index (χ3n) is 1.19. The average molecular weight is 136 g/mol. The first kappa shape index (κ1) is 9.22. The lowest BCUT2D eigenvalue weighted by molar-refractivity contribution is 1.20. The minimum absolute atomic E-state index is 1.12. The van der Waals surface area contributed by atoms with Gasteiger partial charge in [0.25, 0.3) is 0 Å². The van der Waals surface area contributed by atoms with Crippen LogP contribution in [0.2, 0.25) is 0 Å². The molecule has 0 aliphatic carbocycles. The lowest BCUT2D eigenvalue weighted by atomic mass is 10.2. The van der Waals surface area contributed by atoms with E-state index in [9.17, 15) is 0 Å². The van der Waals surface area contributed by atoms with Crippen LogP contribution in [-0.4, -0.2) is 0 Å². The molecule has 0 aliphatic rings. The van der Waals surface area contributed by atoms with E-state index in [0.717, 1.165) is 6.42 Å². The van der Waals surface area contributed by atoms with Crippen molar-refractivity contribution in [3.63, 3.8) is 0 Å². The quantitative estimate of drug-likeness (QED) is 0.521. The van der Waals surface area contributed by atoms with E-state index in [1.165, 1.54) is 5.57 Å². The Balaban J connectivity index is 3.76. The highest BCUT2D eigenvalue weighted by Gasteiger charge is 1.75. The van der Waals surface area contributed by atoms with E-state index in [1.54, 1.807) is 0 Å². The molecule has 0 N–H and O–H groups in total. The van der Waals surface area contributed by atoms with Crippen molar-refractivity contribution in [2.75, 3.05) is 0 Å². The van der Waals surface area contributed by atoms with Gasteiger partial charge >= 0.3 is 0 Å². The zero-order chi connectivity index (χ0) is 7.82. The Bertz CT molecular complexity index is 147. The second-order valence-electron chi connectivity index (χ2n) is 2.24. The van der Waals surface area contributed by atoms with Gasteiger partial charge in [0.15, 0.2) is 0 Å². The maximum Gasteiger partial charge on any atom is -0.0374 e. The predicted molar refractivity (Wildman–Crippen MR) is 48.0 cm³/mol. The van der Waals surface area contributed by atoms with Crippen LogP contribution in [0.15, 0.2) is 36.0 Å². The van der Waals surface area contributed by atoms with E-state index in [2.05, 4.69) is 32.1 Å². The summed E-state index contributed by atoms with van der Waals surface area (Å²) in [4.78, 5) is 0. The number of rotatable bonds is 3. The highest BCUT2D eigenvalue weighted by molar-refractivity contribution is 5.19. The molecule has 0 spiro atoms. The second-order valence-corrected chi connectivity index (χ2v) is 2.24. The highest BCUT2D eigenvalue weighted by atomic mass is 13.8. The van der Waals surface area contributed by atoms with Gasteiger partial charge in [0, 0.05) is 0 Å². The minimum Gasteiger partial charge on any atom is -0.0877 e. The summed E-state index contributed by atoms with van der Waals surface area (Å²) >= 11 is 0. The third kappa shape index (κ3) is 5.36. The van der Waals surface area contributed by atoms with E-state index in [1.807, 2.05) is 19.1 Å². The fourth-order valence-electron chi connectivity index (χ4n) is 0.708. The molecule has 0 aromatic heterocycles. The molecule has 0 unspecified atom stereocenters. The fraction of sp³-hybridized carbons (Fsp3) is 0.400. The van der Waals surface area contributed by atoms with Crippen LogP contribution in [0, 0.1) is 0 Å². The Morgan fingerprint density at radius 1 is 1.30 bits per heavy atom. The molecule has 0 atom stereocenters. The Morgan fingerprint density at radius 3 is 2.50 bits per heavy atom. The first-order chi connectivity index (χ1) is 4.81. The van der Waals surface area contributed by atoms with E-state index < -0.39 is 0 Å². The molecule has 0 rings (SSSR count). The van der Waals surface area contributed by atoms with Crippen LogP contribution in [0.4, 0.5) is 0 Å². The van der Waals surface area contributed by atoms with Crippen molar-refractivity contribution >= 4 is 0 Å². The van der Waals surface area contributed by atoms with Crippen LogP contribution >= 0.6 is 0 Å². The van der Waals surface area contributed by atoms with Gasteiger partial charge in [-0.2, -0.15) is 0 Å². The largest absolute Gasteiger partial charge is 0.0877 e. The number of hydrogen-bond acceptors (Lipinski definition) is 0. The van der Waals surface area contributed by atoms with Gasteiger partial charge in [-0.25, -0.2) is 0 Å². The van der Waals surface area contributed by atoms with Gasteiger partial charge in [0.05, 0.1) is 0 Å². The van der Waals surface area contributed by atoms with Crippen molar-refractivity contribution in [2.45, 2.75) is 27.2 Å². The molecule has 0 nitrogen and oxygen atoms in total. The Labute approximate surface area is 64.0 Å². The Kier molecular flexibility index (Phi) is 5.85. The molecule has 0 heterocycles. The predicted octanol–water partition coefficient (Wildman–Crippen LogP) is 3.48. The summed E-state index contributed by atoms with van der Waals surface area (Å²) in [6, 6.07) is 0. The molecule has 0 saturated carbocycles. The zero-order valence-electron chi connectivity index (χ0n) is 7.09. The summed E-state index contributed by atoms with van der Waals surface area (Å²) in [7, 11) is 0. The monoisotopic (exact) mass is 136 g/mol. The normalized spacial score (nSPS) is 13.7. The molecule has 0 radical (unpaired) electrons. The lowest BCUT2D eigenvalue weighted by Crippen LogP contribution is -1.65. The highest BCUT2D eigenvalue weighted by Crippen LogP contribution is 1.96. The van der Waals surface area contributed by atoms with E-state index in [0.29, 0.717) is 0 Å². The average Bonchev–Trinajstić information content (AvgIpc) is 1.89. The van der Waals surface area contributed by atoms with E-state index in [-0.39, 0.29) is 0 Å². The van der Waals surface area contributed by atoms with Crippen LogP contribution in [0.3, 0.4) is 0 Å². The van der Waals surface area contributed by atoms with Crippen molar-refractivity contribution in [3.05, 3.63) is 36.0 Å². The smallest absolute Gasteiger partial charge is 0.0374 e. The maximum absolute atomic E-state index is 2.21. The summed E-state index contributed by atoms with van der Waals surface area (Å²) in [6.07, 6.45) is 11.6. The van der Waals surface area contributed by atoms with E-state index in [4.69, 9.17) is 0 Å². The molecular formula is C10H16. The van der Waals surface area contributed by atoms with Crippen LogP contribution in [0.5, 0.6) is 0 Å². The minimum atomic E-state index is 1.12. The van der Waals surface area contributed by atoms with Gasteiger partial charge in [-0.3, -0.25) is 0 Å². The zero-order valence-corrected chi connectivity index (χ0v) is 7.09. The molecular weight excluding hydrogens is 120 g/mol. The topological polar surface area (TPSA) is 0 Å². The van der Waals surface area contributed by atoms with Gasteiger partial charge < -0.3 is 0 Å². The molecule has 56 valence electrons. The molecule has 10 heavy (non-hydrogen) atoms. The van der Waals surface area contributed by atoms with Crippen LogP contribution in [0.1, 0.15) is 27.2 Å². The van der Waals surface area contributed by atoms with Gasteiger partial charge in [-0.05, 0) is 20.3 Å². The molecule has 0 fully saturated rings. The number of allylic oxidation sites excluding steroid dienone is 6. The summed E-state index contributed by atoms with van der Waals surface area (Å²) < 4.78 is 0. The Hall–Kier alpha value is -0.780. The first-order valence-corrected chi connectivity index (χ1v) is 3.77. The van der Waals surface area contributed by atoms with Gasteiger partial charge in [0.2, 0.25) is 0 Å². The maximum atomic E-state index is 2.21. The fourth-order valence-corrected chi connectivity index (χ4v) is 0.708. The lowest BCUT2D eigenvalue weighted by Gasteiger charge is -1.86. The molecule has 0 aromatic carbocycles. The van der Waals surface area contributed by atoms with Gasteiger partial charge in [-0.1, -0.05) is 42.9 Å². The Morgan fingerprint density at radius 2 is 2.00 bits per heavy atom. The van der Waals surface area contributed by atoms with E-state index >= 15 is 0 Å². The van der Waals surface area contributed by atoms with Crippen molar-refractivity contribution in [2.24, 2.45) is 0 Å². The molecule has 0 bridgehead atoms. The summed E-state index contributed by atoms with van der Waals surface area (Å²) in [5, 5.41) is 0. The second kappa shape index (κ2) is 6.34. The van der Waals surface area contributed by atoms with Crippen LogP contribution in [0.25, 0.3) is 0 Å². The summed E-state index contributed by atoms with van der Waals surface area (Å²) in [5.74, 6) is 0. The van der Waals surface area contributed by atoms with Gasteiger partial charge in [0.1, 0.15) is 0 Å². The van der Waals surface area contributed by atoms with Crippen LogP contribution in [-0.2, 0) is 0 Å². The van der Waals surface area contributed by atoms with Crippen LogP contribution < -0.4 is 0 Å². The molecule has 0 saturated heterocycles. The van der Waals surface area contributed by atoms with Crippen molar-refractivity contribution in [1.82, 2.24) is 0 Å². The standard InChI is InChI=1S/C10H16/c1-4-6-7-9-10(3)8-5-2/h4,6-9H,5H2,1-3H3. The van der Waals surface area contributed by atoms with Crippen molar-refractivity contribution in [1.29, 1.82) is 0 Å². The summed E-state index contributed by atoms with van der Waals surface area (Å²) in [6.45, 7) is 6.28. The van der Waals surface area contributed by atoms with Gasteiger partial charge in [-0.15, -0.1) is 0 Å². The molecule has 0 amide bonds.